The first-order valence-corrected chi connectivity index (χ1v) is 9.42. The molecule has 1 atom stereocenters. The molecule has 1 aliphatic heterocycles. The number of methoxy groups -OCH3 is 1. The zero-order valence-corrected chi connectivity index (χ0v) is 14.3. The molecule has 0 bridgehead atoms. The van der Waals surface area contributed by atoms with E-state index in [-0.39, 0.29) is 29.4 Å². The van der Waals surface area contributed by atoms with E-state index >= 15 is 0 Å². The van der Waals surface area contributed by atoms with Crippen molar-refractivity contribution in [3.05, 3.63) is 41.8 Å². The van der Waals surface area contributed by atoms with E-state index in [1.54, 1.807) is 18.2 Å². The summed E-state index contributed by atoms with van der Waals surface area (Å²) in [5, 5.41) is 2.62. The normalized spacial score (nSPS) is 19.5. The summed E-state index contributed by atoms with van der Waals surface area (Å²) in [5.41, 5.74) is 0.739. The highest BCUT2D eigenvalue weighted by Crippen LogP contribution is 2.17. The number of nitrogens with one attached hydrogen (secondary N) is 1. The highest BCUT2D eigenvalue weighted by molar-refractivity contribution is 7.91. The van der Waals surface area contributed by atoms with Crippen LogP contribution in [0.3, 0.4) is 0 Å². The minimum atomic E-state index is -3.08. The van der Waals surface area contributed by atoms with Crippen LogP contribution >= 0.6 is 0 Å². The minimum absolute atomic E-state index is 0.0220. The fraction of sp³-hybridized carbons (Fsp3) is 0.438. The predicted octanol–water partition coefficient (Wildman–Crippen LogP) is 1.64. The predicted molar refractivity (Wildman–Crippen MR) is 89.6 cm³/mol. The van der Waals surface area contributed by atoms with E-state index in [4.69, 9.17) is 4.74 Å². The lowest BCUT2D eigenvalue weighted by molar-refractivity contribution is 0.135. The number of amides is 2. The van der Waals surface area contributed by atoms with E-state index in [1.165, 1.54) is 30.3 Å². The average molecular weight is 356 g/mol. The van der Waals surface area contributed by atoms with Crippen molar-refractivity contribution < 1.29 is 22.3 Å². The third-order valence-electron chi connectivity index (χ3n) is 3.80. The third kappa shape index (κ3) is 5.31. The van der Waals surface area contributed by atoms with Gasteiger partial charge in [-0.25, -0.2) is 17.6 Å². The summed E-state index contributed by atoms with van der Waals surface area (Å²) in [6.45, 7) is 0.637. The number of carbonyl (C=O) groups is 1. The van der Waals surface area contributed by atoms with E-state index in [0.29, 0.717) is 19.6 Å². The van der Waals surface area contributed by atoms with Crippen LogP contribution in [0.2, 0.25) is 0 Å². The molecule has 1 aliphatic rings. The number of carbonyl (C=O) groups excluding carboxylic acids is 1. The standard InChI is InChI=1S/C16H21FN2O4S/c1-23-10-9-19(15-7-11-24(21,22)12-15)16(20)18-8-6-13-2-4-14(17)5-3-13/h2-6,8,15H,7,9-12H2,1H3,(H,18,20)/b8-6+. The zero-order chi connectivity index (χ0) is 17.6. The van der Waals surface area contributed by atoms with Crippen molar-refractivity contribution in [2.45, 2.75) is 12.5 Å². The Labute approximate surface area is 141 Å². The van der Waals surface area contributed by atoms with Crippen molar-refractivity contribution in [1.29, 1.82) is 0 Å². The molecule has 2 rings (SSSR count). The molecule has 8 heteroatoms. The van der Waals surface area contributed by atoms with Gasteiger partial charge in [-0.2, -0.15) is 0 Å². The topological polar surface area (TPSA) is 75.7 Å². The maximum absolute atomic E-state index is 12.8. The maximum atomic E-state index is 12.8. The second-order valence-corrected chi connectivity index (χ2v) is 7.81. The summed E-state index contributed by atoms with van der Waals surface area (Å²) >= 11 is 0. The van der Waals surface area contributed by atoms with Crippen LogP contribution in [-0.4, -0.2) is 57.2 Å². The van der Waals surface area contributed by atoms with Gasteiger partial charge in [-0.05, 0) is 30.2 Å². The maximum Gasteiger partial charge on any atom is 0.321 e. The third-order valence-corrected chi connectivity index (χ3v) is 5.55. The molecule has 6 nitrogen and oxygen atoms in total. The van der Waals surface area contributed by atoms with Crippen molar-refractivity contribution >= 4 is 21.9 Å². The van der Waals surface area contributed by atoms with E-state index < -0.39 is 9.84 Å². The Bertz CT molecular complexity index is 689. The van der Waals surface area contributed by atoms with Crippen molar-refractivity contribution in [3.63, 3.8) is 0 Å². The van der Waals surface area contributed by atoms with Gasteiger partial charge in [0, 0.05) is 25.9 Å². The van der Waals surface area contributed by atoms with E-state index in [0.717, 1.165) is 5.56 Å². The fourth-order valence-corrected chi connectivity index (χ4v) is 4.26. The summed E-state index contributed by atoms with van der Waals surface area (Å²) < 4.78 is 41.1. The van der Waals surface area contributed by atoms with Gasteiger partial charge in [0.2, 0.25) is 0 Å². The molecule has 0 saturated carbocycles. The van der Waals surface area contributed by atoms with Crippen molar-refractivity contribution in [2.24, 2.45) is 0 Å². The van der Waals surface area contributed by atoms with Crippen LogP contribution in [0.1, 0.15) is 12.0 Å². The summed E-state index contributed by atoms with van der Waals surface area (Å²) in [4.78, 5) is 13.8. The first-order valence-electron chi connectivity index (χ1n) is 7.60. The Morgan fingerprint density at radius 2 is 2.12 bits per heavy atom. The highest BCUT2D eigenvalue weighted by Gasteiger charge is 2.34. The van der Waals surface area contributed by atoms with Gasteiger partial charge < -0.3 is 15.0 Å². The molecule has 24 heavy (non-hydrogen) atoms. The number of sulfone groups is 1. The lowest BCUT2D eigenvalue weighted by atomic mass is 10.2. The first kappa shape index (κ1) is 18.4. The highest BCUT2D eigenvalue weighted by atomic mass is 32.2. The van der Waals surface area contributed by atoms with E-state index in [2.05, 4.69) is 5.32 Å². The smallest absolute Gasteiger partial charge is 0.321 e. The van der Waals surface area contributed by atoms with Crippen molar-refractivity contribution in [2.75, 3.05) is 31.8 Å². The number of ether oxygens (including phenoxy) is 1. The summed E-state index contributed by atoms with van der Waals surface area (Å²) in [5.74, 6) is -0.254. The van der Waals surface area contributed by atoms with Crippen LogP contribution in [0, 0.1) is 5.82 Å². The molecule has 0 spiro atoms. The van der Waals surface area contributed by atoms with Gasteiger partial charge >= 0.3 is 6.03 Å². The quantitative estimate of drug-likeness (QED) is 0.841. The van der Waals surface area contributed by atoms with E-state index in [1.807, 2.05) is 0 Å². The number of halogens is 1. The monoisotopic (exact) mass is 356 g/mol. The molecular formula is C16H21FN2O4S. The van der Waals surface area contributed by atoms with Gasteiger partial charge in [0.1, 0.15) is 5.82 Å². The van der Waals surface area contributed by atoms with E-state index in [9.17, 15) is 17.6 Å². The first-order chi connectivity index (χ1) is 11.4. The molecule has 1 unspecified atom stereocenters. The van der Waals surface area contributed by atoms with Gasteiger partial charge in [0.25, 0.3) is 0 Å². The molecule has 1 aromatic carbocycles. The Hall–Kier alpha value is -1.93. The molecule has 0 aromatic heterocycles. The summed E-state index contributed by atoms with van der Waals surface area (Å²) in [7, 11) is -1.56. The summed E-state index contributed by atoms with van der Waals surface area (Å²) in [6, 6.07) is 5.11. The number of nitrogens with zero attached hydrogens (tertiary/aromatic N) is 1. The molecule has 1 aromatic rings. The van der Waals surface area contributed by atoms with Crippen molar-refractivity contribution in [3.8, 4) is 0 Å². The number of urea groups is 1. The lowest BCUT2D eigenvalue weighted by Crippen LogP contribution is -2.46. The van der Waals surface area contributed by atoms with Crippen LogP contribution in [0.25, 0.3) is 6.08 Å². The lowest BCUT2D eigenvalue weighted by Gasteiger charge is -2.27. The molecular weight excluding hydrogens is 335 g/mol. The Kier molecular flexibility index (Phi) is 6.33. The number of benzene rings is 1. The van der Waals surface area contributed by atoms with Gasteiger partial charge in [0.15, 0.2) is 9.84 Å². The molecule has 0 radical (unpaired) electrons. The molecule has 1 heterocycles. The Balaban J connectivity index is 1.98. The number of rotatable bonds is 6. The molecule has 1 N–H and O–H groups in total. The average Bonchev–Trinajstić information content (AvgIpc) is 2.89. The van der Waals surface area contributed by atoms with Gasteiger partial charge in [-0.1, -0.05) is 12.1 Å². The second-order valence-electron chi connectivity index (χ2n) is 5.58. The Morgan fingerprint density at radius 1 is 1.42 bits per heavy atom. The number of hydrogen-bond donors (Lipinski definition) is 1. The molecule has 132 valence electrons. The largest absolute Gasteiger partial charge is 0.383 e. The van der Waals surface area contributed by atoms with Crippen molar-refractivity contribution in [1.82, 2.24) is 10.2 Å². The SMILES string of the molecule is COCCN(C(=O)N/C=C/c1ccc(F)cc1)C1CCS(=O)(=O)C1. The minimum Gasteiger partial charge on any atom is -0.383 e. The molecule has 1 saturated heterocycles. The Morgan fingerprint density at radius 3 is 2.71 bits per heavy atom. The van der Waals surface area contributed by atoms with Crippen LogP contribution in [-0.2, 0) is 14.6 Å². The van der Waals surface area contributed by atoms with Crippen LogP contribution in [0.15, 0.2) is 30.5 Å². The molecule has 2 amide bonds. The molecule has 0 aliphatic carbocycles. The molecule has 1 fully saturated rings. The number of hydrogen-bond acceptors (Lipinski definition) is 4. The van der Waals surface area contributed by atoms with Crippen LogP contribution in [0.4, 0.5) is 9.18 Å². The van der Waals surface area contributed by atoms with Gasteiger partial charge in [0.05, 0.1) is 18.1 Å². The zero-order valence-electron chi connectivity index (χ0n) is 13.4. The van der Waals surface area contributed by atoms with Gasteiger partial charge in [-0.3, -0.25) is 0 Å². The van der Waals surface area contributed by atoms with Gasteiger partial charge in [-0.15, -0.1) is 0 Å². The summed E-state index contributed by atoms with van der Waals surface area (Å²) in [6.07, 6.45) is 3.53. The van der Waals surface area contributed by atoms with Crippen LogP contribution in [0.5, 0.6) is 0 Å². The van der Waals surface area contributed by atoms with Crippen LogP contribution < -0.4 is 5.32 Å². The second kappa shape index (κ2) is 8.25. The fourth-order valence-electron chi connectivity index (χ4n) is 2.53.